The van der Waals surface area contributed by atoms with Gasteiger partial charge in [-0.25, -0.2) is 4.79 Å². The van der Waals surface area contributed by atoms with E-state index in [0.29, 0.717) is 17.5 Å². The fourth-order valence-electron chi connectivity index (χ4n) is 5.69. The number of hydrogen-bond donors (Lipinski definition) is 1. The topological polar surface area (TPSA) is 48.7 Å². The summed E-state index contributed by atoms with van der Waals surface area (Å²) in [5.41, 5.74) is 5.28. The zero-order chi connectivity index (χ0) is 22.2. The van der Waals surface area contributed by atoms with Gasteiger partial charge in [-0.3, -0.25) is 4.90 Å². The lowest BCUT2D eigenvalue weighted by molar-refractivity contribution is 0.0697. The van der Waals surface area contributed by atoms with Gasteiger partial charge in [-0.2, -0.15) is 0 Å². The van der Waals surface area contributed by atoms with Crippen molar-refractivity contribution in [3.63, 3.8) is 0 Å². The van der Waals surface area contributed by atoms with Crippen LogP contribution in [0, 0.1) is 5.92 Å². The minimum absolute atomic E-state index is 0.351. The van der Waals surface area contributed by atoms with E-state index in [-0.39, 0.29) is 0 Å². The molecule has 1 N–H and O–H groups in total. The molecule has 1 aromatic heterocycles. The van der Waals surface area contributed by atoms with Gasteiger partial charge in [-0.15, -0.1) is 0 Å². The molecule has 1 aliphatic carbocycles. The Morgan fingerprint density at radius 3 is 2.62 bits per heavy atom. The summed E-state index contributed by atoms with van der Waals surface area (Å²) in [5, 5.41) is 10.8. The molecule has 5 rings (SSSR count). The number of hydrogen-bond acceptors (Lipinski definition) is 3. The molecule has 3 aromatic rings. The molecule has 1 saturated carbocycles. The second kappa shape index (κ2) is 8.72. The van der Waals surface area contributed by atoms with Crippen molar-refractivity contribution in [3.05, 3.63) is 59.7 Å². The van der Waals surface area contributed by atoms with Crippen LogP contribution in [-0.4, -0.2) is 59.2 Å². The Kier molecular flexibility index (Phi) is 5.78. The summed E-state index contributed by atoms with van der Waals surface area (Å²) < 4.78 is 2.50. The summed E-state index contributed by atoms with van der Waals surface area (Å²) in [7, 11) is 4.27. The Labute approximate surface area is 190 Å². The summed E-state index contributed by atoms with van der Waals surface area (Å²) >= 11 is 0. The second-order valence-electron chi connectivity index (χ2n) is 9.79. The Balaban J connectivity index is 1.71. The van der Waals surface area contributed by atoms with Crippen LogP contribution >= 0.6 is 0 Å². The molecular formula is C27H33N3O2. The number of benzene rings is 2. The quantitative estimate of drug-likeness (QED) is 0.610. The van der Waals surface area contributed by atoms with Crippen LogP contribution < -0.4 is 0 Å². The third kappa shape index (κ3) is 3.96. The Bertz CT molecular complexity index is 1130. The SMILES string of the molecule is CN(C)CCN1Cc2ccccc2-c2cc3ccc(C(=O)O)cc3n2C(C2CCCC2)C1. The molecule has 0 radical (unpaired) electrons. The maximum Gasteiger partial charge on any atom is 0.335 e. The van der Waals surface area contributed by atoms with E-state index in [1.807, 2.05) is 12.1 Å². The van der Waals surface area contributed by atoms with E-state index in [0.717, 1.165) is 37.1 Å². The maximum absolute atomic E-state index is 11.8. The van der Waals surface area contributed by atoms with E-state index in [2.05, 4.69) is 58.8 Å². The lowest BCUT2D eigenvalue weighted by Crippen LogP contribution is -2.39. The number of carboxylic acids is 1. The maximum atomic E-state index is 11.8. The predicted octanol–water partition coefficient (Wildman–Crippen LogP) is 5.12. The van der Waals surface area contributed by atoms with Gasteiger partial charge in [0.15, 0.2) is 0 Å². The molecule has 5 nitrogen and oxygen atoms in total. The van der Waals surface area contributed by atoms with Gasteiger partial charge < -0.3 is 14.6 Å². The Hall–Kier alpha value is -2.63. The fraction of sp³-hybridized carbons (Fsp3) is 0.444. The molecule has 1 fully saturated rings. The number of nitrogens with zero attached hydrogens (tertiary/aromatic N) is 3. The van der Waals surface area contributed by atoms with Crippen molar-refractivity contribution in [3.8, 4) is 11.3 Å². The molecule has 1 atom stereocenters. The van der Waals surface area contributed by atoms with Crippen molar-refractivity contribution in [2.45, 2.75) is 38.3 Å². The van der Waals surface area contributed by atoms with Crippen LogP contribution in [0.15, 0.2) is 48.5 Å². The van der Waals surface area contributed by atoms with Gasteiger partial charge in [-0.05, 0) is 56.6 Å². The molecular weight excluding hydrogens is 398 g/mol. The largest absolute Gasteiger partial charge is 0.478 e. The highest BCUT2D eigenvalue weighted by atomic mass is 16.4. The molecule has 0 saturated heterocycles. The molecule has 1 unspecified atom stereocenters. The second-order valence-corrected chi connectivity index (χ2v) is 9.79. The average molecular weight is 432 g/mol. The van der Waals surface area contributed by atoms with Crippen LogP contribution in [0.4, 0.5) is 0 Å². The fourth-order valence-corrected chi connectivity index (χ4v) is 5.69. The van der Waals surface area contributed by atoms with Crippen molar-refractivity contribution in [2.75, 3.05) is 33.7 Å². The minimum Gasteiger partial charge on any atom is -0.478 e. The van der Waals surface area contributed by atoms with Crippen molar-refractivity contribution >= 4 is 16.9 Å². The predicted molar refractivity (Wildman–Crippen MR) is 129 cm³/mol. The molecule has 32 heavy (non-hydrogen) atoms. The van der Waals surface area contributed by atoms with E-state index < -0.39 is 5.97 Å². The van der Waals surface area contributed by atoms with Crippen LogP contribution in [0.25, 0.3) is 22.2 Å². The highest BCUT2D eigenvalue weighted by molar-refractivity contribution is 5.95. The number of rotatable bonds is 5. The van der Waals surface area contributed by atoms with Crippen molar-refractivity contribution in [2.24, 2.45) is 5.92 Å². The van der Waals surface area contributed by atoms with Gasteiger partial charge in [-0.1, -0.05) is 43.2 Å². The summed E-state index contributed by atoms with van der Waals surface area (Å²) in [4.78, 5) is 16.6. The zero-order valence-electron chi connectivity index (χ0n) is 19.1. The van der Waals surface area contributed by atoms with Crippen LogP contribution in [0.1, 0.15) is 47.6 Å². The van der Waals surface area contributed by atoms with E-state index in [9.17, 15) is 9.90 Å². The standard InChI is InChI=1S/C27H33N3O2/c1-28(2)13-14-29-17-22-9-5-6-10-23(22)25-15-20-11-12-21(27(31)32)16-24(20)30(25)26(18-29)19-7-3-4-8-19/h5-6,9-12,15-16,19,26H,3-4,7-8,13-14,17-18H2,1-2H3,(H,31,32). The van der Waals surface area contributed by atoms with Crippen molar-refractivity contribution in [1.29, 1.82) is 0 Å². The molecule has 1 aliphatic heterocycles. The van der Waals surface area contributed by atoms with Crippen molar-refractivity contribution in [1.82, 2.24) is 14.4 Å². The van der Waals surface area contributed by atoms with Gasteiger partial charge >= 0.3 is 5.97 Å². The van der Waals surface area contributed by atoms with E-state index >= 15 is 0 Å². The molecule has 2 aliphatic rings. The Morgan fingerprint density at radius 1 is 1.09 bits per heavy atom. The first kappa shape index (κ1) is 21.2. The van der Waals surface area contributed by atoms with Crippen LogP contribution in [0.3, 0.4) is 0 Å². The van der Waals surface area contributed by atoms with E-state index in [1.165, 1.54) is 42.5 Å². The number of aromatic carboxylic acids is 1. The minimum atomic E-state index is -0.862. The average Bonchev–Trinajstić information content (AvgIpc) is 3.42. The molecule has 0 spiro atoms. The van der Waals surface area contributed by atoms with Crippen molar-refractivity contribution < 1.29 is 9.90 Å². The number of likely N-dealkylation sites (N-methyl/N-ethyl adjacent to an activating group) is 1. The van der Waals surface area contributed by atoms with Gasteiger partial charge in [0.2, 0.25) is 0 Å². The highest BCUT2D eigenvalue weighted by Crippen LogP contribution is 2.42. The van der Waals surface area contributed by atoms with E-state index in [1.54, 1.807) is 6.07 Å². The first-order valence-electron chi connectivity index (χ1n) is 11.8. The van der Waals surface area contributed by atoms with Crippen LogP contribution in [0.5, 0.6) is 0 Å². The first-order valence-corrected chi connectivity index (χ1v) is 11.8. The van der Waals surface area contributed by atoms with Crippen LogP contribution in [-0.2, 0) is 6.54 Å². The lowest BCUT2D eigenvalue weighted by atomic mass is 9.94. The number of aromatic nitrogens is 1. The summed E-state index contributed by atoms with van der Waals surface area (Å²) in [6, 6.07) is 17.0. The number of carboxylic acid groups (broad SMARTS) is 1. The van der Waals surface area contributed by atoms with Gasteiger partial charge in [0.25, 0.3) is 0 Å². The summed E-state index contributed by atoms with van der Waals surface area (Å²) in [6.07, 6.45) is 5.10. The van der Waals surface area contributed by atoms with Gasteiger partial charge in [0.05, 0.1) is 5.56 Å². The molecule has 168 valence electrons. The lowest BCUT2D eigenvalue weighted by Gasteiger charge is -2.37. The zero-order valence-corrected chi connectivity index (χ0v) is 19.1. The van der Waals surface area contributed by atoms with Crippen LogP contribution in [0.2, 0.25) is 0 Å². The molecule has 2 heterocycles. The normalized spacial score (nSPS) is 19.7. The monoisotopic (exact) mass is 431 g/mol. The third-order valence-electron chi connectivity index (χ3n) is 7.36. The van der Waals surface area contributed by atoms with E-state index in [4.69, 9.17) is 0 Å². The number of fused-ring (bicyclic) bond motifs is 5. The van der Waals surface area contributed by atoms with Gasteiger partial charge in [0.1, 0.15) is 0 Å². The molecule has 0 bridgehead atoms. The summed E-state index contributed by atoms with van der Waals surface area (Å²) in [6.45, 7) is 4.01. The number of carbonyl (C=O) groups is 1. The molecule has 5 heteroatoms. The third-order valence-corrected chi connectivity index (χ3v) is 7.36. The van der Waals surface area contributed by atoms with Gasteiger partial charge in [0, 0.05) is 54.4 Å². The smallest absolute Gasteiger partial charge is 0.335 e. The highest BCUT2D eigenvalue weighted by Gasteiger charge is 2.33. The Morgan fingerprint density at radius 2 is 1.88 bits per heavy atom. The molecule has 2 aromatic carbocycles. The summed E-state index contributed by atoms with van der Waals surface area (Å²) in [5.74, 6) is -0.233. The first-order chi connectivity index (χ1) is 15.5. The molecule has 0 amide bonds.